The topological polar surface area (TPSA) is 47.9 Å². The summed E-state index contributed by atoms with van der Waals surface area (Å²) in [6, 6.07) is 14.5. The van der Waals surface area contributed by atoms with Gasteiger partial charge in [-0.2, -0.15) is 0 Å². The minimum Gasteiger partial charge on any atom is -0.494 e. The zero-order chi connectivity index (χ0) is 17.6. The maximum absolute atomic E-state index is 12.0. The largest absolute Gasteiger partial charge is 0.494 e. The van der Waals surface area contributed by atoms with Gasteiger partial charge in [0.1, 0.15) is 5.75 Å². The van der Waals surface area contributed by atoms with Crippen LogP contribution in [0.1, 0.15) is 30.9 Å². The van der Waals surface area contributed by atoms with Crippen LogP contribution in [0, 0.1) is 0 Å². The molecule has 2 aromatic carbocycles. The molecule has 0 fully saturated rings. The number of ether oxygens (including phenoxy) is 2. The number of cyclic esters (lactones) is 1. The average Bonchev–Trinajstić information content (AvgIpc) is 2.98. The van der Waals surface area contributed by atoms with Gasteiger partial charge >= 0.3 is 5.97 Å². The number of benzene rings is 2. The predicted octanol–water partition coefficient (Wildman–Crippen LogP) is 4.86. The van der Waals surface area contributed by atoms with Gasteiger partial charge in [-0.1, -0.05) is 37.1 Å². The molecule has 0 amide bonds. The molecular weight excluding hydrogens is 338 g/mol. The van der Waals surface area contributed by atoms with Crippen molar-refractivity contribution < 1.29 is 14.3 Å². The van der Waals surface area contributed by atoms with Crippen LogP contribution in [-0.4, -0.2) is 18.5 Å². The number of hydrogen-bond acceptors (Lipinski definition) is 4. The highest BCUT2D eigenvalue weighted by atomic mass is 35.5. The van der Waals surface area contributed by atoms with Crippen molar-refractivity contribution in [1.82, 2.24) is 0 Å². The summed E-state index contributed by atoms with van der Waals surface area (Å²) in [6.45, 7) is 2.83. The zero-order valence-corrected chi connectivity index (χ0v) is 14.6. The summed E-state index contributed by atoms with van der Waals surface area (Å²) in [4.78, 5) is 16.3. The van der Waals surface area contributed by atoms with Crippen molar-refractivity contribution >= 4 is 29.5 Å². The Morgan fingerprint density at radius 3 is 2.52 bits per heavy atom. The highest BCUT2D eigenvalue weighted by molar-refractivity contribution is 6.30. The summed E-state index contributed by atoms with van der Waals surface area (Å²) in [7, 11) is 0. The van der Waals surface area contributed by atoms with Crippen LogP contribution in [-0.2, 0) is 9.53 Å². The summed E-state index contributed by atoms with van der Waals surface area (Å²) in [6.07, 6.45) is 3.82. The summed E-state index contributed by atoms with van der Waals surface area (Å²) < 4.78 is 10.9. The average molecular weight is 356 g/mol. The lowest BCUT2D eigenvalue weighted by Crippen LogP contribution is -2.05. The molecule has 4 nitrogen and oxygen atoms in total. The van der Waals surface area contributed by atoms with E-state index in [0.717, 1.165) is 24.2 Å². The van der Waals surface area contributed by atoms with Crippen molar-refractivity contribution in [3.8, 4) is 5.75 Å². The molecule has 0 bridgehead atoms. The second kappa shape index (κ2) is 7.99. The van der Waals surface area contributed by atoms with E-state index in [9.17, 15) is 4.79 Å². The van der Waals surface area contributed by atoms with Crippen LogP contribution in [0.25, 0.3) is 6.08 Å². The third kappa shape index (κ3) is 4.48. The third-order valence-corrected chi connectivity index (χ3v) is 3.91. The second-order valence-corrected chi connectivity index (χ2v) is 6.05. The molecule has 0 N–H and O–H groups in total. The molecule has 1 heterocycles. The van der Waals surface area contributed by atoms with Gasteiger partial charge in [0.05, 0.1) is 6.61 Å². The van der Waals surface area contributed by atoms with Gasteiger partial charge in [0.15, 0.2) is 5.70 Å². The van der Waals surface area contributed by atoms with Crippen molar-refractivity contribution in [2.24, 2.45) is 4.99 Å². The molecule has 0 saturated carbocycles. The Kier molecular flexibility index (Phi) is 5.51. The molecule has 3 rings (SSSR count). The fraction of sp³-hybridized carbons (Fsp3) is 0.200. The van der Waals surface area contributed by atoms with E-state index in [4.69, 9.17) is 21.1 Å². The molecule has 1 aliphatic heterocycles. The number of halogens is 1. The lowest BCUT2D eigenvalue weighted by atomic mass is 10.2. The molecule has 0 aromatic heterocycles. The number of aliphatic imine (C=N–C) groups is 1. The Labute approximate surface area is 151 Å². The maximum atomic E-state index is 12.0. The second-order valence-electron chi connectivity index (χ2n) is 5.61. The van der Waals surface area contributed by atoms with Crippen molar-refractivity contribution in [2.75, 3.05) is 6.61 Å². The Morgan fingerprint density at radius 2 is 1.84 bits per heavy atom. The molecular formula is C20H18ClNO3. The van der Waals surface area contributed by atoms with E-state index in [0.29, 0.717) is 17.2 Å². The molecule has 0 radical (unpaired) electrons. The van der Waals surface area contributed by atoms with Gasteiger partial charge in [-0.3, -0.25) is 0 Å². The summed E-state index contributed by atoms with van der Waals surface area (Å²) in [5.74, 6) is 0.635. The molecule has 0 atom stereocenters. The van der Waals surface area contributed by atoms with E-state index in [2.05, 4.69) is 11.9 Å². The monoisotopic (exact) mass is 355 g/mol. The number of unbranched alkanes of at least 4 members (excludes halogenated alkanes) is 1. The van der Waals surface area contributed by atoms with Crippen LogP contribution in [0.2, 0.25) is 5.02 Å². The summed E-state index contributed by atoms with van der Waals surface area (Å²) in [5.41, 5.74) is 1.83. The van der Waals surface area contributed by atoms with Gasteiger partial charge in [-0.25, -0.2) is 9.79 Å². The quantitative estimate of drug-likeness (QED) is 0.422. The number of carbonyl (C=O) groups excluding carboxylic acids is 1. The number of hydrogen-bond donors (Lipinski definition) is 0. The van der Waals surface area contributed by atoms with E-state index in [-0.39, 0.29) is 11.6 Å². The van der Waals surface area contributed by atoms with Crippen LogP contribution in [0.3, 0.4) is 0 Å². The van der Waals surface area contributed by atoms with Crippen LogP contribution in [0.4, 0.5) is 0 Å². The molecule has 2 aromatic rings. The smallest absolute Gasteiger partial charge is 0.363 e. The Morgan fingerprint density at radius 1 is 1.12 bits per heavy atom. The van der Waals surface area contributed by atoms with E-state index < -0.39 is 5.97 Å². The highest BCUT2D eigenvalue weighted by Crippen LogP contribution is 2.21. The molecule has 0 saturated heterocycles. The molecule has 128 valence electrons. The number of esters is 1. The molecule has 0 unspecified atom stereocenters. The summed E-state index contributed by atoms with van der Waals surface area (Å²) >= 11 is 5.87. The molecule has 25 heavy (non-hydrogen) atoms. The van der Waals surface area contributed by atoms with Crippen LogP contribution in [0.5, 0.6) is 5.75 Å². The lowest BCUT2D eigenvalue weighted by molar-refractivity contribution is -0.129. The van der Waals surface area contributed by atoms with Crippen molar-refractivity contribution in [1.29, 1.82) is 0 Å². The number of nitrogens with zero attached hydrogens (tertiary/aromatic N) is 1. The van der Waals surface area contributed by atoms with Gasteiger partial charge in [-0.15, -0.1) is 0 Å². The van der Waals surface area contributed by atoms with Crippen LogP contribution < -0.4 is 4.74 Å². The van der Waals surface area contributed by atoms with Gasteiger partial charge in [0.2, 0.25) is 5.90 Å². The van der Waals surface area contributed by atoms with Gasteiger partial charge in [0.25, 0.3) is 0 Å². The minimum atomic E-state index is -0.465. The number of rotatable bonds is 6. The lowest BCUT2D eigenvalue weighted by Gasteiger charge is -2.05. The SMILES string of the molecule is CCCCOc1ccc(C=C2N=C(c3ccc(Cl)cc3)OC2=O)cc1. The van der Waals surface area contributed by atoms with E-state index in [1.807, 2.05) is 24.3 Å². The van der Waals surface area contributed by atoms with Gasteiger partial charge in [0, 0.05) is 10.6 Å². The first-order valence-electron chi connectivity index (χ1n) is 8.17. The van der Waals surface area contributed by atoms with Crippen LogP contribution in [0.15, 0.2) is 59.2 Å². The summed E-state index contributed by atoms with van der Waals surface area (Å²) in [5, 5.41) is 0.616. The first-order chi connectivity index (χ1) is 12.2. The fourth-order valence-electron chi connectivity index (χ4n) is 2.28. The molecule has 1 aliphatic rings. The van der Waals surface area contributed by atoms with E-state index in [1.165, 1.54) is 0 Å². The number of carbonyl (C=O) groups is 1. The van der Waals surface area contributed by atoms with Gasteiger partial charge < -0.3 is 9.47 Å². The highest BCUT2D eigenvalue weighted by Gasteiger charge is 2.24. The fourth-order valence-corrected chi connectivity index (χ4v) is 2.40. The zero-order valence-electron chi connectivity index (χ0n) is 13.9. The first kappa shape index (κ1) is 17.2. The minimum absolute atomic E-state index is 0.268. The molecule has 5 heteroatoms. The maximum Gasteiger partial charge on any atom is 0.363 e. The Hall–Kier alpha value is -2.59. The van der Waals surface area contributed by atoms with Crippen molar-refractivity contribution in [3.63, 3.8) is 0 Å². The molecule has 0 spiro atoms. The normalized spacial score (nSPS) is 15.2. The van der Waals surface area contributed by atoms with Crippen LogP contribution >= 0.6 is 11.6 Å². The van der Waals surface area contributed by atoms with Gasteiger partial charge in [-0.05, 0) is 54.5 Å². The Balaban J connectivity index is 1.74. The van der Waals surface area contributed by atoms with Crippen molar-refractivity contribution in [2.45, 2.75) is 19.8 Å². The third-order valence-electron chi connectivity index (χ3n) is 3.66. The Bertz CT molecular complexity index is 808. The standard InChI is InChI=1S/C20H18ClNO3/c1-2-3-12-24-17-10-4-14(5-11-17)13-18-20(23)25-19(22-18)15-6-8-16(21)9-7-15/h4-11,13H,2-3,12H2,1H3. The van der Waals surface area contributed by atoms with E-state index >= 15 is 0 Å². The van der Waals surface area contributed by atoms with E-state index in [1.54, 1.807) is 30.3 Å². The first-order valence-corrected chi connectivity index (χ1v) is 8.55. The van der Waals surface area contributed by atoms with Crippen molar-refractivity contribution in [3.05, 3.63) is 70.4 Å². The predicted molar refractivity (Wildman–Crippen MR) is 98.9 cm³/mol. The molecule has 0 aliphatic carbocycles.